The van der Waals surface area contributed by atoms with Crippen LogP contribution in [0.1, 0.15) is 51.8 Å². The lowest BCUT2D eigenvalue weighted by Crippen LogP contribution is -2.60. The van der Waals surface area contributed by atoms with E-state index in [0.29, 0.717) is 12.0 Å². The molecule has 6 heteroatoms. The van der Waals surface area contributed by atoms with Crippen molar-refractivity contribution in [3.8, 4) is 10.6 Å². The summed E-state index contributed by atoms with van der Waals surface area (Å²) < 4.78 is 0. The van der Waals surface area contributed by atoms with Crippen molar-refractivity contribution >= 4 is 17.3 Å². The van der Waals surface area contributed by atoms with E-state index in [-0.39, 0.29) is 17.7 Å². The zero-order valence-electron chi connectivity index (χ0n) is 16.2. The van der Waals surface area contributed by atoms with Crippen molar-refractivity contribution in [3.05, 3.63) is 29.3 Å². The molecular weight excluding hydrogens is 344 g/mol. The van der Waals surface area contributed by atoms with Crippen molar-refractivity contribution in [2.45, 2.75) is 70.5 Å². The summed E-state index contributed by atoms with van der Waals surface area (Å²) >= 11 is 1.74. The smallest absolute Gasteiger partial charge is 0.223 e. The van der Waals surface area contributed by atoms with Crippen molar-refractivity contribution in [1.82, 2.24) is 15.3 Å². The molecule has 26 heavy (non-hydrogen) atoms. The van der Waals surface area contributed by atoms with Gasteiger partial charge in [-0.2, -0.15) is 0 Å². The number of piperidine rings is 1. The van der Waals surface area contributed by atoms with Gasteiger partial charge >= 0.3 is 0 Å². The Morgan fingerprint density at radius 2 is 1.92 bits per heavy atom. The number of thiophene rings is 1. The molecule has 2 aromatic heterocycles. The fourth-order valence-corrected chi connectivity index (χ4v) is 5.09. The van der Waals surface area contributed by atoms with Gasteiger partial charge in [-0.25, -0.2) is 9.97 Å². The number of hydrogen-bond donors (Lipinski definition) is 3. The first-order chi connectivity index (χ1) is 12.3. The summed E-state index contributed by atoms with van der Waals surface area (Å²) in [5.74, 6) is 0.700. The quantitative estimate of drug-likeness (QED) is 0.716. The second kappa shape index (κ2) is 7.62. The van der Waals surface area contributed by atoms with Gasteiger partial charge < -0.3 is 15.7 Å². The number of aliphatic hydroxyl groups is 1. The Balaban J connectivity index is 1.72. The molecule has 3 heterocycles. The molecule has 0 amide bonds. The Labute approximate surface area is 160 Å². The van der Waals surface area contributed by atoms with E-state index in [2.05, 4.69) is 55.4 Å². The summed E-state index contributed by atoms with van der Waals surface area (Å²) in [4.78, 5) is 11.6. The Hall–Kier alpha value is -1.50. The maximum Gasteiger partial charge on any atom is 0.223 e. The van der Waals surface area contributed by atoms with Gasteiger partial charge in [0.25, 0.3) is 0 Å². The third kappa shape index (κ3) is 5.02. The number of rotatable bonds is 6. The number of hydrogen-bond acceptors (Lipinski definition) is 6. The molecule has 1 fully saturated rings. The van der Waals surface area contributed by atoms with Gasteiger partial charge in [0.05, 0.1) is 10.6 Å². The van der Waals surface area contributed by atoms with Crippen LogP contribution >= 0.6 is 11.3 Å². The second-order valence-electron chi connectivity index (χ2n) is 8.50. The Morgan fingerprint density at radius 1 is 1.19 bits per heavy atom. The number of aromatic nitrogens is 2. The zero-order chi connectivity index (χ0) is 18.8. The highest BCUT2D eigenvalue weighted by atomic mass is 32.1. The number of aryl methyl sites for hydroxylation is 1. The van der Waals surface area contributed by atoms with Gasteiger partial charge in [0.2, 0.25) is 5.95 Å². The standard InChI is InChI=1S/C20H30N4OS/c1-19(2)12-14(13-20(3,4)24-19)22-18-21-10-9-16(23-18)17-8-7-15(26-17)6-5-11-25/h7-10,14,24-25H,5-6,11-13H2,1-4H3,(H,21,22,23). The first-order valence-electron chi connectivity index (χ1n) is 9.35. The maximum absolute atomic E-state index is 8.99. The minimum Gasteiger partial charge on any atom is -0.396 e. The molecule has 1 saturated heterocycles. The highest BCUT2D eigenvalue weighted by Gasteiger charge is 2.37. The van der Waals surface area contributed by atoms with Crippen molar-refractivity contribution in [2.75, 3.05) is 11.9 Å². The van der Waals surface area contributed by atoms with E-state index >= 15 is 0 Å². The van der Waals surface area contributed by atoms with Gasteiger partial charge in [0, 0.05) is 34.8 Å². The number of aliphatic hydroxyl groups excluding tert-OH is 1. The average molecular weight is 375 g/mol. The van der Waals surface area contributed by atoms with E-state index in [9.17, 15) is 0 Å². The molecular formula is C20H30N4OS. The predicted molar refractivity (Wildman–Crippen MR) is 109 cm³/mol. The van der Waals surface area contributed by atoms with E-state index in [1.807, 2.05) is 12.3 Å². The molecule has 0 aliphatic carbocycles. The molecule has 0 spiro atoms. The van der Waals surface area contributed by atoms with E-state index in [1.54, 1.807) is 11.3 Å². The topological polar surface area (TPSA) is 70.1 Å². The summed E-state index contributed by atoms with van der Waals surface area (Å²) in [6.45, 7) is 9.23. The van der Waals surface area contributed by atoms with Gasteiger partial charge in [-0.3, -0.25) is 0 Å². The normalized spacial score (nSPS) is 19.4. The summed E-state index contributed by atoms with van der Waals surface area (Å²) in [5, 5.41) is 16.2. The van der Waals surface area contributed by atoms with Gasteiger partial charge in [-0.15, -0.1) is 11.3 Å². The van der Waals surface area contributed by atoms with Crippen LogP contribution in [-0.2, 0) is 6.42 Å². The average Bonchev–Trinajstić information content (AvgIpc) is 2.99. The lowest BCUT2D eigenvalue weighted by molar-refractivity contribution is 0.170. The maximum atomic E-state index is 8.99. The molecule has 3 rings (SSSR count). The third-order valence-corrected chi connectivity index (χ3v) is 5.84. The van der Waals surface area contributed by atoms with Crippen molar-refractivity contribution in [2.24, 2.45) is 0 Å². The van der Waals surface area contributed by atoms with Crippen LogP contribution < -0.4 is 10.6 Å². The van der Waals surface area contributed by atoms with Crippen molar-refractivity contribution in [3.63, 3.8) is 0 Å². The minimum atomic E-state index is 0.0897. The summed E-state index contributed by atoms with van der Waals surface area (Å²) in [5.41, 5.74) is 1.13. The molecule has 142 valence electrons. The molecule has 0 unspecified atom stereocenters. The molecule has 0 radical (unpaired) electrons. The fourth-order valence-electron chi connectivity index (χ4n) is 4.08. The number of anilines is 1. The van der Waals surface area contributed by atoms with Crippen LogP contribution in [0.5, 0.6) is 0 Å². The van der Waals surface area contributed by atoms with Crippen LogP contribution in [0, 0.1) is 0 Å². The molecule has 5 nitrogen and oxygen atoms in total. The predicted octanol–water partition coefficient (Wildman–Crippen LogP) is 3.85. The van der Waals surface area contributed by atoms with Crippen LogP contribution in [-0.4, -0.2) is 38.8 Å². The van der Waals surface area contributed by atoms with Crippen molar-refractivity contribution < 1.29 is 5.11 Å². The van der Waals surface area contributed by atoms with Crippen molar-refractivity contribution in [1.29, 1.82) is 0 Å². The zero-order valence-corrected chi connectivity index (χ0v) is 17.0. The van der Waals surface area contributed by atoms with Crippen LogP contribution in [0.3, 0.4) is 0 Å². The van der Waals surface area contributed by atoms with Crippen LogP contribution in [0.15, 0.2) is 24.4 Å². The van der Waals surface area contributed by atoms with Crippen LogP contribution in [0.2, 0.25) is 0 Å². The second-order valence-corrected chi connectivity index (χ2v) is 9.67. The first kappa shape index (κ1) is 19.3. The summed E-state index contributed by atoms with van der Waals surface area (Å²) in [7, 11) is 0. The number of nitrogens with zero attached hydrogens (tertiary/aromatic N) is 2. The van der Waals surface area contributed by atoms with Gasteiger partial charge in [-0.05, 0) is 71.6 Å². The molecule has 1 aliphatic heterocycles. The number of nitrogens with one attached hydrogen (secondary N) is 2. The van der Waals surface area contributed by atoms with E-state index in [1.165, 1.54) is 4.88 Å². The summed E-state index contributed by atoms with van der Waals surface area (Å²) in [6, 6.07) is 6.55. The third-order valence-electron chi connectivity index (χ3n) is 4.67. The van der Waals surface area contributed by atoms with E-state index in [4.69, 9.17) is 10.1 Å². The SMILES string of the molecule is CC1(C)CC(Nc2nccc(-c3ccc(CCCO)s3)n2)CC(C)(C)N1. The van der Waals surface area contributed by atoms with Crippen LogP contribution in [0.25, 0.3) is 10.6 Å². The molecule has 2 aromatic rings. The monoisotopic (exact) mass is 374 g/mol. The van der Waals surface area contributed by atoms with Gasteiger partial charge in [-0.1, -0.05) is 0 Å². The lowest BCUT2D eigenvalue weighted by atomic mass is 9.80. The molecule has 1 aliphatic rings. The molecule has 0 saturated carbocycles. The molecule has 0 atom stereocenters. The Bertz CT molecular complexity index is 725. The fraction of sp³-hybridized carbons (Fsp3) is 0.600. The Morgan fingerprint density at radius 3 is 2.62 bits per heavy atom. The molecule has 3 N–H and O–H groups in total. The largest absolute Gasteiger partial charge is 0.396 e. The van der Waals surface area contributed by atoms with E-state index < -0.39 is 0 Å². The van der Waals surface area contributed by atoms with Crippen LogP contribution in [0.4, 0.5) is 5.95 Å². The molecule has 0 bridgehead atoms. The minimum absolute atomic E-state index is 0.0897. The van der Waals surface area contributed by atoms with Gasteiger partial charge in [0.1, 0.15) is 0 Å². The lowest BCUT2D eigenvalue weighted by Gasteiger charge is -2.46. The summed E-state index contributed by atoms with van der Waals surface area (Å²) in [6.07, 6.45) is 5.62. The van der Waals surface area contributed by atoms with Gasteiger partial charge in [0.15, 0.2) is 0 Å². The first-order valence-corrected chi connectivity index (χ1v) is 10.2. The highest BCUT2D eigenvalue weighted by Crippen LogP contribution is 2.31. The highest BCUT2D eigenvalue weighted by molar-refractivity contribution is 7.15. The van der Waals surface area contributed by atoms with E-state index in [0.717, 1.165) is 36.3 Å². The Kier molecular flexibility index (Phi) is 5.65. The molecule has 0 aromatic carbocycles.